The van der Waals surface area contributed by atoms with E-state index < -0.39 is 0 Å². The minimum atomic E-state index is 0.0274. The van der Waals surface area contributed by atoms with Gasteiger partial charge in [-0.15, -0.1) is 0 Å². The predicted octanol–water partition coefficient (Wildman–Crippen LogP) is 2.54. The Bertz CT molecular complexity index is 619. The molecule has 1 amide bonds. The van der Waals surface area contributed by atoms with Crippen molar-refractivity contribution in [1.29, 1.82) is 0 Å². The first kappa shape index (κ1) is 14.7. The molecule has 22 heavy (non-hydrogen) atoms. The van der Waals surface area contributed by atoms with Gasteiger partial charge in [0.25, 0.3) is 0 Å². The number of hydrogen-bond acceptors (Lipinski definition) is 3. The van der Waals surface area contributed by atoms with Gasteiger partial charge in [-0.2, -0.15) is 0 Å². The SMILES string of the molecule is CC(NC(=O)C1CCNC1)c1ccc(-c2ccncc2)cc1. The summed E-state index contributed by atoms with van der Waals surface area (Å²) in [7, 11) is 0. The van der Waals surface area contributed by atoms with E-state index in [0.29, 0.717) is 0 Å². The Hall–Kier alpha value is -2.20. The van der Waals surface area contributed by atoms with Gasteiger partial charge in [0.05, 0.1) is 12.0 Å². The van der Waals surface area contributed by atoms with Crippen LogP contribution in [-0.4, -0.2) is 24.0 Å². The summed E-state index contributed by atoms with van der Waals surface area (Å²) in [5.74, 6) is 0.259. The van der Waals surface area contributed by atoms with Crippen molar-refractivity contribution in [2.24, 2.45) is 5.92 Å². The number of aromatic nitrogens is 1. The molecular weight excluding hydrogens is 274 g/mol. The molecular formula is C18H21N3O. The molecule has 114 valence electrons. The first-order valence-corrected chi connectivity index (χ1v) is 7.75. The highest BCUT2D eigenvalue weighted by molar-refractivity contribution is 5.79. The maximum absolute atomic E-state index is 12.2. The molecule has 0 saturated carbocycles. The molecule has 1 aliphatic rings. The number of amides is 1. The second kappa shape index (κ2) is 6.71. The summed E-state index contributed by atoms with van der Waals surface area (Å²) in [6.45, 7) is 3.76. The van der Waals surface area contributed by atoms with Crippen LogP contribution < -0.4 is 10.6 Å². The van der Waals surface area contributed by atoms with Gasteiger partial charge in [-0.05, 0) is 48.7 Å². The molecule has 0 aliphatic carbocycles. The van der Waals surface area contributed by atoms with Crippen LogP contribution in [0.15, 0.2) is 48.8 Å². The maximum atomic E-state index is 12.2. The van der Waals surface area contributed by atoms with Gasteiger partial charge in [-0.3, -0.25) is 9.78 Å². The molecule has 2 N–H and O–H groups in total. The Kier molecular flexibility index (Phi) is 4.49. The number of nitrogens with zero attached hydrogens (tertiary/aromatic N) is 1. The summed E-state index contributed by atoms with van der Waals surface area (Å²) in [6, 6.07) is 12.3. The van der Waals surface area contributed by atoms with Crippen LogP contribution in [0, 0.1) is 5.92 Å². The molecule has 2 atom stereocenters. The molecule has 0 spiro atoms. The zero-order chi connectivity index (χ0) is 15.4. The fourth-order valence-corrected chi connectivity index (χ4v) is 2.80. The number of rotatable bonds is 4. The summed E-state index contributed by atoms with van der Waals surface area (Å²) in [5, 5.41) is 6.33. The smallest absolute Gasteiger partial charge is 0.224 e. The van der Waals surface area contributed by atoms with Crippen molar-refractivity contribution in [2.45, 2.75) is 19.4 Å². The highest BCUT2D eigenvalue weighted by atomic mass is 16.2. The van der Waals surface area contributed by atoms with Crippen molar-refractivity contribution in [3.63, 3.8) is 0 Å². The van der Waals surface area contributed by atoms with Gasteiger partial charge in [0, 0.05) is 18.9 Å². The Morgan fingerprint density at radius 3 is 2.50 bits per heavy atom. The van der Waals surface area contributed by atoms with Crippen LogP contribution in [0.2, 0.25) is 0 Å². The second-order valence-electron chi connectivity index (χ2n) is 5.78. The molecule has 1 fully saturated rings. The highest BCUT2D eigenvalue weighted by Crippen LogP contribution is 2.21. The highest BCUT2D eigenvalue weighted by Gasteiger charge is 2.23. The van der Waals surface area contributed by atoms with E-state index in [0.717, 1.165) is 36.2 Å². The van der Waals surface area contributed by atoms with Crippen LogP contribution in [-0.2, 0) is 4.79 Å². The van der Waals surface area contributed by atoms with Gasteiger partial charge in [0.2, 0.25) is 5.91 Å². The standard InChI is InChI=1S/C18H21N3O/c1-13(21-18(22)17-8-11-20-12-17)14-2-4-15(5-3-14)16-6-9-19-10-7-16/h2-7,9-10,13,17,20H,8,11-12H2,1H3,(H,21,22). The van der Waals surface area contributed by atoms with Crippen LogP contribution in [0.3, 0.4) is 0 Å². The third kappa shape index (κ3) is 3.34. The van der Waals surface area contributed by atoms with Crippen LogP contribution in [0.25, 0.3) is 11.1 Å². The number of hydrogen-bond donors (Lipinski definition) is 2. The van der Waals surface area contributed by atoms with Gasteiger partial charge >= 0.3 is 0 Å². The molecule has 1 aromatic carbocycles. The number of carbonyl (C=O) groups is 1. The second-order valence-corrected chi connectivity index (χ2v) is 5.78. The quantitative estimate of drug-likeness (QED) is 0.911. The molecule has 2 heterocycles. The van der Waals surface area contributed by atoms with E-state index in [4.69, 9.17) is 0 Å². The van der Waals surface area contributed by atoms with Gasteiger partial charge in [-0.1, -0.05) is 24.3 Å². The van der Waals surface area contributed by atoms with Gasteiger partial charge in [-0.25, -0.2) is 0 Å². The zero-order valence-electron chi connectivity index (χ0n) is 12.8. The lowest BCUT2D eigenvalue weighted by Gasteiger charge is -2.17. The monoisotopic (exact) mass is 295 g/mol. The Morgan fingerprint density at radius 2 is 1.86 bits per heavy atom. The third-order valence-electron chi connectivity index (χ3n) is 4.21. The first-order valence-electron chi connectivity index (χ1n) is 7.75. The van der Waals surface area contributed by atoms with Crippen molar-refractivity contribution >= 4 is 5.91 Å². The molecule has 4 heteroatoms. The van der Waals surface area contributed by atoms with E-state index >= 15 is 0 Å². The largest absolute Gasteiger partial charge is 0.349 e. The number of nitrogens with one attached hydrogen (secondary N) is 2. The molecule has 1 aliphatic heterocycles. The van der Waals surface area contributed by atoms with Crippen molar-refractivity contribution in [2.75, 3.05) is 13.1 Å². The molecule has 2 aromatic rings. The normalized spacial score (nSPS) is 18.9. The molecule has 1 aromatic heterocycles. The van der Waals surface area contributed by atoms with E-state index in [2.05, 4.69) is 39.9 Å². The fraction of sp³-hybridized carbons (Fsp3) is 0.333. The maximum Gasteiger partial charge on any atom is 0.224 e. The topological polar surface area (TPSA) is 54.0 Å². The van der Waals surface area contributed by atoms with Gasteiger partial charge in [0.1, 0.15) is 0 Å². The lowest BCUT2D eigenvalue weighted by Crippen LogP contribution is -2.33. The van der Waals surface area contributed by atoms with E-state index in [9.17, 15) is 4.79 Å². The van der Waals surface area contributed by atoms with Crippen LogP contribution in [0.1, 0.15) is 24.9 Å². The summed E-state index contributed by atoms with van der Waals surface area (Å²) in [5.41, 5.74) is 3.43. The Labute approximate surface area is 131 Å². The molecule has 2 unspecified atom stereocenters. The average molecular weight is 295 g/mol. The third-order valence-corrected chi connectivity index (χ3v) is 4.21. The van der Waals surface area contributed by atoms with E-state index in [-0.39, 0.29) is 17.9 Å². The summed E-state index contributed by atoms with van der Waals surface area (Å²) in [6.07, 6.45) is 4.52. The molecule has 0 bridgehead atoms. The Morgan fingerprint density at radius 1 is 1.18 bits per heavy atom. The van der Waals surface area contributed by atoms with E-state index in [1.165, 1.54) is 0 Å². The molecule has 1 saturated heterocycles. The van der Waals surface area contributed by atoms with E-state index in [1.807, 2.05) is 19.1 Å². The number of pyridine rings is 1. The van der Waals surface area contributed by atoms with Gasteiger partial charge in [0.15, 0.2) is 0 Å². The average Bonchev–Trinajstić information content (AvgIpc) is 3.10. The Balaban J connectivity index is 1.66. The molecule has 0 radical (unpaired) electrons. The molecule has 3 rings (SSSR count). The number of carbonyl (C=O) groups excluding carboxylic acids is 1. The van der Waals surface area contributed by atoms with Crippen LogP contribution in [0.5, 0.6) is 0 Å². The van der Waals surface area contributed by atoms with E-state index in [1.54, 1.807) is 12.4 Å². The predicted molar refractivity (Wildman–Crippen MR) is 87.2 cm³/mol. The lowest BCUT2D eigenvalue weighted by molar-refractivity contribution is -0.125. The summed E-state index contributed by atoms with van der Waals surface area (Å²) in [4.78, 5) is 16.2. The van der Waals surface area contributed by atoms with Crippen molar-refractivity contribution in [3.05, 3.63) is 54.4 Å². The van der Waals surface area contributed by atoms with Crippen molar-refractivity contribution in [3.8, 4) is 11.1 Å². The zero-order valence-corrected chi connectivity index (χ0v) is 12.8. The fourth-order valence-electron chi connectivity index (χ4n) is 2.80. The number of benzene rings is 1. The molecule has 4 nitrogen and oxygen atoms in total. The summed E-state index contributed by atoms with van der Waals surface area (Å²) < 4.78 is 0. The van der Waals surface area contributed by atoms with Crippen molar-refractivity contribution in [1.82, 2.24) is 15.6 Å². The minimum Gasteiger partial charge on any atom is -0.349 e. The van der Waals surface area contributed by atoms with Crippen molar-refractivity contribution < 1.29 is 4.79 Å². The van der Waals surface area contributed by atoms with Gasteiger partial charge < -0.3 is 10.6 Å². The first-order chi connectivity index (χ1) is 10.7. The lowest BCUT2D eigenvalue weighted by atomic mass is 10.0. The van der Waals surface area contributed by atoms with Crippen LogP contribution in [0.4, 0.5) is 0 Å². The van der Waals surface area contributed by atoms with Crippen LogP contribution >= 0.6 is 0 Å². The summed E-state index contributed by atoms with van der Waals surface area (Å²) >= 11 is 0. The minimum absolute atomic E-state index is 0.0274.